The first-order chi connectivity index (χ1) is 20.3. The zero-order chi connectivity index (χ0) is 30.6. The number of unbranched alkanes of at least 4 members (excludes halogenated alkanes) is 11. The molecule has 1 fully saturated rings. The van der Waals surface area contributed by atoms with Gasteiger partial charge in [0.2, 0.25) is 0 Å². The SMILES string of the molecule is CCCCCCCCCCCC[C@@H](O)[C@H]1CC[C@H]([C@H](O)CCCCC(O)CCCC[C@@H](O)CCC2=CC(C)OC2=O)O1. The number of rotatable bonds is 26. The van der Waals surface area contributed by atoms with Gasteiger partial charge in [0, 0.05) is 5.57 Å². The summed E-state index contributed by atoms with van der Waals surface area (Å²) >= 11 is 0. The third-order valence-electron chi connectivity index (χ3n) is 9.15. The normalized spacial score (nSPS) is 23.5. The Labute approximate surface area is 256 Å². The highest BCUT2D eigenvalue weighted by Crippen LogP contribution is 2.28. The topological polar surface area (TPSA) is 116 Å². The molecule has 0 aromatic heterocycles. The molecule has 4 N–H and O–H groups in total. The highest BCUT2D eigenvalue weighted by molar-refractivity contribution is 5.90. The van der Waals surface area contributed by atoms with E-state index in [0.29, 0.717) is 37.7 Å². The van der Waals surface area contributed by atoms with Gasteiger partial charge in [-0.1, -0.05) is 96.8 Å². The summed E-state index contributed by atoms with van der Waals surface area (Å²) < 4.78 is 11.1. The molecule has 0 aromatic rings. The first-order valence-electron chi connectivity index (χ1n) is 17.6. The molecule has 0 bridgehead atoms. The van der Waals surface area contributed by atoms with Crippen LogP contribution in [-0.4, -0.2) is 69.1 Å². The van der Waals surface area contributed by atoms with E-state index >= 15 is 0 Å². The molecule has 7 nitrogen and oxygen atoms in total. The molecule has 7 atom stereocenters. The summed E-state index contributed by atoms with van der Waals surface area (Å²) in [4.78, 5) is 11.6. The molecule has 0 amide bonds. The number of ether oxygens (including phenoxy) is 2. The van der Waals surface area contributed by atoms with Gasteiger partial charge in [-0.15, -0.1) is 0 Å². The third kappa shape index (κ3) is 16.2. The molecule has 0 spiro atoms. The number of hydrogen-bond acceptors (Lipinski definition) is 7. The molecule has 246 valence electrons. The van der Waals surface area contributed by atoms with Gasteiger partial charge in [0.15, 0.2) is 0 Å². The first kappa shape index (κ1) is 37.2. The zero-order valence-electron chi connectivity index (χ0n) is 26.9. The highest BCUT2D eigenvalue weighted by Gasteiger charge is 2.34. The number of aliphatic hydroxyl groups is 4. The average Bonchev–Trinajstić information content (AvgIpc) is 3.59. The second-order valence-corrected chi connectivity index (χ2v) is 13.1. The fraction of sp³-hybridized carbons (Fsp3) is 0.914. The van der Waals surface area contributed by atoms with Crippen molar-refractivity contribution < 1.29 is 34.7 Å². The van der Waals surface area contributed by atoms with E-state index in [1.54, 1.807) is 0 Å². The molecule has 0 radical (unpaired) electrons. The molecule has 2 heterocycles. The summed E-state index contributed by atoms with van der Waals surface area (Å²) in [5.74, 6) is -0.265. The van der Waals surface area contributed by atoms with Crippen molar-refractivity contribution in [2.24, 2.45) is 0 Å². The van der Waals surface area contributed by atoms with Crippen molar-refractivity contribution in [3.8, 4) is 0 Å². The Balaban J connectivity index is 1.42. The number of cyclic esters (lactones) is 1. The largest absolute Gasteiger partial charge is 0.455 e. The number of hydrogen-bond donors (Lipinski definition) is 4. The Kier molecular flexibility index (Phi) is 19.9. The minimum absolute atomic E-state index is 0.149. The van der Waals surface area contributed by atoms with Gasteiger partial charge in [0.1, 0.15) is 6.10 Å². The lowest BCUT2D eigenvalue weighted by Gasteiger charge is -2.22. The standard InChI is InChI=1S/C35H64O7/c1-3-4-5-6-7-8-9-10-11-12-20-31(38)33-24-25-34(42-33)32(39)21-16-15-18-29(36)17-13-14-19-30(37)23-22-28-26-27(2)41-35(28)40/h26-27,29-34,36-39H,3-25H2,1-2H3/t27?,29?,30-,31-,32-,33-,34-/m1/s1. The van der Waals surface area contributed by atoms with Crippen LogP contribution in [0.5, 0.6) is 0 Å². The fourth-order valence-corrected chi connectivity index (χ4v) is 6.39. The van der Waals surface area contributed by atoms with Crippen LogP contribution in [0.1, 0.15) is 162 Å². The van der Waals surface area contributed by atoms with Gasteiger partial charge in [-0.2, -0.15) is 0 Å². The zero-order valence-corrected chi connectivity index (χ0v) is 26.9. The minimum Gasteiger partial charge on any atom is -0.455 e. The Bertz CT molecular complexity index is 726. The lowest BCUT2D eigenvalue weighted by molar-refractivity contribution is -0.139. The summed E-state index contributed by atoms with van der Waals surface area (Å²) in [6.07, 6.45) is 22.2. The van der Waals surface area contributed by atoms with Gasteiger partial charge in [0.05, 0.1) is 36.6 Å². The summed E-state index contributed by atoms with van der Waals surface area (Å²) in [6.45, 7) is 4.09. The molecule has 7 heteroatoms. The molecule has 2 unspecified atom stereocenters. The molecule has 0 saturated carbocycles. The smallest absolute Gasteiger partial charge is 0.334 e. The molecular formula is C35H64O7. The maximum absolute atomic E-state index is 11.6. The van der Waals surface area contributed by atoms with Crippen molar-refractivity contribution in [3.05, 3.63) is 11.6 Å². The van der Waals surface area contributed by atoms with Gasteiger partial charge < -0.3 is 29.9 Å². The van der Waals surface area contributed by atoms with Gasteiger partial charge in [-0.05, 0) is 70.8 Å². The van der Waals surface area contributed by atoms with Crippen LogP contribution in [-0.2, 0) is 14.3 Å². The van der Waals surface area contributed by atoms with E-state index < -0.39 is 18.3 Å². The second-order valence-electron chi connectivity index (χ2n) is 13.1. The Morgan fingerprint density at radius 2 is 1.10 bits per heavy atom. The molecule has 42 heavy (non-hydrogen) atoms. The van der Waals surface area contributed by atoms with E-state index in [0.717, 1.165) is 57.8 Å². The second kappa shape index (κ2) is 22.5. The monoisotopic (exact) mass is 596 g/mol. The van der Waals surface area contributed by atoms with Crippen molar-refractivity contribution >= 4 is 5.97 Å². The third-order valence-corrected chi connectivity index (χ3v) is 9.15. The van der Waals surface area contributed by atoms with Crippen molar-refractivity contribution in [1.29, 1.82) is 0 Å². The van der Waals surface area contributed by atoms with Crippen molar-refractivity contribution in [3.63, 3.8) is 0 Å². The number of aliphatic hydroxyl groups excluding tert-OH is 4. The lowest BCUT2D eigenvalue weighted by Crippen LogP contribution is -2.31. The summed E-state index contributed by atoms with van der Waals surface area (Å²) in [6, 6.07) is 0. The fourth-order valence-electron chi connectivity index (χ4n) is 6.39. The molecule has 0 aromatic carbocycles. The van der Waals surface area contributed by atoms with E-state index in [1.807, 2.05) is 13.0 Å². The van der Waals surface area contributed by atoms with Crippen LogP contribution in [0.2, 0.25) is 0 Å². The summed E-state index contributed by atoms with van der Waals surface area (Å²) in [5.41, 5.74) is 0.665. The van der Waals surface area contributed by atoms with Crippen molar-refractivity contribution in [2.45, 2.75) is 204 Å². The van der Waals surface area contributed by atoms with Gasteiger partial charge in [-0.3, -0.25) is 0 Å². The number of carbonyl (C=O) groups excluding carboxylic acids is 1. The van der Waals surface area contributed by atoms with Crippen LogP contribution >= 0.6 is 0 Å². The maximum atomic E-state index is 11.6. The van der Waals surface area contributed by atoms with E-state index in [9.17, 15) is 25.2 Å². The average molecular weight is 597 g/mol. The van der Waals surface area contributed by atoms with Crippen LogP contribution in [0, 0.1) is 0 Å². The van der Waals surface area contributed by atoms with Gasteiger partial charge in [0.25, 0.3) is 0 Å². The first-order valence-corrected chi connectivity index (χ1v) is 17.6. The lowest BCUT2D eigenvalue weighted by atomic mass is 9.99. The van der Waals surface area contributed by atoms with Gasteiger partial charge >= 0.3 is 5.97 Å². The van der Waals surface area contributed by atoms with Crippen LogP contribution in [0.25, 0.3) is 0 Å². The predicted octanol–water partition coefficient (Wildman–Crippen LogP) is 7.06. The molecule has 2 aliphatic rings. The van der Waals surface area contributed by atoms with Crippen LogP contribution < -0.4 is 0 Å². The Morgan fingerprint density at radius 1 is 0.667 bits per heavy atom. The van der Waals surface area contributed by atoms with E-state index in [4.69, 9.17) is 9.47 Å². The molecule has 2 aliphatic heterocycles. The van der Waals surface area contributed by atoms with E-state index in [-0.39, 0.29) is 30.4 Å². The van der Waals surface area contributed by atoms with Crippen molar-refractivity contribution in [2.75, 3.05) is 0 Å². The maximum Gasteiger partial charge on any atom is 0.334 e. The Morgan fingerprint density at radius 3 is 1.57 bits per heavy atom. The highest BCUT2D eigenvalue weighted by atomic mass is 16.5. The summed E-state index contributed by atoms with van der Waals surface area (Å²) in [5, 5.41) is 41.7. The molecule has 1 saturated heterocycles. The predicted molar refractivity (Wildman–Crippen MR) is 168 cm³/mol. The minimum atomic E-state index is -0.511. The van der Waals surface area contributed by atoms with Crippen LogP contribution in [0.15, 0.2) is 11.6 Å². The quantitative estimate of drug-likeness (QED) is 0.0624. The van der Waals surface area contributed by atoms with E-state index in [2.05, 4.69) is 6.92 Å². The van der Waals surface area contributed by atoms with Crippen molar-refractivity contribution in [1.82, 2.24) is 0 Å². The molecule has 2 rings (SSSR count). The number of esters is 1. The molecule has 0 aliphatic carbocycles. The number of carbonyl (C=O) groups is 1. The van der Waals surface area contributed by atoms with Crippen LogP contribution in [0.3, 0.4) is 0 Å². The molecular weight excluding hydrogens is 532 g/mol. The summed E-state index contributed by atoms with van der Waals surface area (Å²) in [7, 11) is 0. The Hall–Kier alpha value is -0.990. The van der Waals surface area contributed by atoms with Gasteiger partial charge in [-0.25, -0.2) is 4.79 Å². The van der Waals surface area contributed by atoms with Crippen LogP contribution in [0.4, 0.5) is 0 Å². The van der Waals surface area contributed by atoms with E-state index in [1.165, 1.54) is 57.8 Å².